The highest BCUT2D eigenvalue weighted by atomic mass is 32.1. The van der Waals surface area contributed by atoms with Crippen molar-refractivity contribution < 1.29 is 9.53 Å². The van der Waals surface area contributed by atoms with Gasteiger partial charge in [0.25, 0.3) is 0 Å². The highest BCUT2D eigenvalue weighted by Crippen LogP contribution is 2.24. The van der Waals surface area contributed by atoms with Gasteiger partial charge in [-0.2, -0.15) is 0 Å². The number of aromatic nitrogens is 1. The number of morpholine rings is 1. The molecule has 0 spiro atoms. The molecule has 1 aliphatic heterocycles. The van der Waals surface area contributed by atoms with Crippen LogP contribution in [0.25, 0.3) is 10.6 Å². The van der Waals surface area contributed by atoms with Crippen molar-refractivity contribution in [3.63, 3.8) is 0 Å². The third kappa shape index (κ3) is 4.30. The number of carbonyl (C=O) groups excluding carboxylic acids is 1. The number of urea groups is 1. The molecule has 0 radical (unpaired) electrons. The summed E-state index contributed by atoms with van der Waals surface area (Å²) in [6.07, 6.45) is 0.748. The minimum absolute atomic E-state index is 0.0118. The van der Waals surface area contributed by atoms with Crippen LogP contribution < -0.4 is 5.32 Å². The van der Waals surface area contributed by atoms with Crippen LogP contribution in [0.1, 0.15) is 11.3 Å². The second kappa shape index (κ2) is 7.57. The standard InChI is InChI=1S/C17H21N3O2S/c1-13-2-4-14(5-3-13)16-19-15(12-23-16)6-7-18-17(21)20-8-10-22-11-9-20/h2-5,12H,6-11H2,1H3,(H,18,21). The molecular formula is C17H21N3O2S. The van der Waals surface area contributed by atoms with E-state index < -0.39 is 0 Å². The van der Waals surface area contributed by atoms with E-state index in [9.17, 15) is 4.79 Å². The zero-order valence-electron chi connectivity index (χ0n) is 13.2. The molecule has 23 heavy (non-hydrogen) atoms. The van der Waals surface area contributed by atoms with Gasteiger partial charge < -0.3 is 15.0 Å². The number of thiazole rings is 1. The van der Waals surface area contributed by atoms with Gasteiger partial charge in [-0.05, 0) is 6.92 Å². The molecule has 1 aliphatic rings. The van der Waals surface area contributed by atoms with Gasteiger partial charge in [-0.25, -0.2) is 9.78 Å². The molecule has 1 aromatic carbocycles. The maximum absolute atomic E-state index is 12.0. The molecule has 2 amide bonds. The van der Waals surface area contributed by atoms with Gasteiger partial charge in [0.2, 0.25) is 0 Å². The first-order chi connectivity index (χ1) is 11.2. The molecule has 2 heterocycles. The van der Waals surface area contributed by atoms with Gasteiger partial charge >= 0.3 is 6.03 Å². The van der Waals surface area contributed by atoms with Crippen LogP contribution >= 0.6 is 11.3 Å². The lowest BCUT2D eigenvalue weighted by Crippen LogP contribution is -2.46. The van der Waals surface area contributed by atoms with Gasteiger partial charge in [-0.15, -0.1) is 11.3 Å². The third-order valence-corrected chi connectivity index (χ3v) is 4.75. The van der Waals surface area contributed by atoms with Crippen molar-refractivity contribution in [2.24, 2.45) is 0 Å². The Hall–Kier alpha value is -1.92. The van der Waals surface area contributed by atoms with Crippen LogP contribution in [0.15, 0.2) is 29.6 Å². The van der Waals surface area contributed by atoms with Crippen molar-refractivity contribution in [1.82, 2.24) is 15.2 Å². The first-order valence-corrected chi connectivity index (χ1v) is 8.72. The highest BCUT2D eigenvalue weighted by molar-refractivity contribution is 7.13. The van der Waals surface area contributed by atoms with Crippen LogP contribution in [0.4, 0.5) is 4.79 Å². The quantitative estimate of drug-likeness (QED) is 0.937. The van der Waals surface area contributed by atoms with Crippen molar-refractivity contribution in [2.75, 3.05) is 32.8 Å². The van der Waals surface area contributed by atoms with E-state index in [2.05, 4.69) is 46.9 Å². The summed E-state index contributed by atoms with van der Waals surface area (Å²) >= 11 is 1.64. The smallest absolute Gasteiger partial charge is 0.317 e. The van der Waals surface area contributed by atoms with Crippen LogP contribution in [0.5, 0.6) is 0 Å². The van der Waals surface area contributed by atoms with Crippen LogP contribution in [0.2, 0.25) is 0 Å². The Balaban J connectivity index is 1.49. The summed E-state index contributed by atoms with van der Waals surface area (Å²) in [5.41, 5.74) is 3.41. The summed E-state index contributed by atoms with van der Waals surface area (Å²) in [6, 6.07) is 8.37. The van der Waals surface area contributed by atoms with Gasteiger partial charge in [0.05, 0.1) is 18.9 Å². The Bertz CT molecular complexity index is 648. The van der Waals surface area contributed by atoms with E-state index in [0.717, 1.165) is 22.7 Å². The van der Waals surface area contributed by atoms with Crippen molar-refractivity contribution in [3.05, 3.63) is 40.9 Å². The summed E-state index contributed by atoms with van der Waals surface area (Å²) in [7, 11) is 0. The summed E-state index contributed by atoms with van der Waals surface area (Å²) in [5, 5.41) is 6.05. The number of benzene rings is 1. The normalized spacial score (nSPS) is 14.7. The van der Waals surface area contributed by atoms with Crippen molar-refractivity contribution in [2.45, 2.75) is 13.3 Å². The number of rotatable bonds is 4. The molecule has 0 atom stereocenters. The Labute approximate surface area is 140 Å². The van der Waals surface area contributed by atoms with E-state index in [-0.39, 0.29) is 6.03 Å². The Morgan fingerprint density at radius 3 is 2.78 bits per heavy atom. The number of hydrogen-bond donors (Lipinski definition) is 1. The largest absolute Gasteiger partial charge is 0.378 e. The van der Waals surface area contributed by atoms with E-state index in [1.54, 1.807) is 16.2 Å². The van der Waals surface area contributed by atoms with Crippen LogP contribution in [-0.4, -0.2) is 48.8 Å². The van der Waals surface area contributed by atoms with Crippen LogP contribution in [0.3, 0.4) is 0 Å². The van der Waals surface area contributed by atoms with Gasteiger partial charge in [0.15, 0.2) is 0 Å². The van der Waals surface area contributed by atoms with E-state index in [1.807, 2.05) is 0 Å². The number of hydrogen-bond acceptors (Lipinski definition) is 4. The summed E-state index contributed by atoms with van der Waals surface area (Å²) < 4.78 is 5.25. The minimum Gasteiger partial charge on any atom is -0.378 e. The monoisotopic (exact) mass is 331 g/mol. The van der Waals surface area contributed by atoms with Gasteiger partial charge in [0.1, 0.15) is 5.01 Å². The number of ether oxygens (including phenoxy) is 1. The molecular weight excluding hydrogens is 310 g/mol. The Kier molecular flexibility index (Phi) is 5.25. The zero-order chi connectivity index (χ0) is 16.1. The van der Waals surface area contributed by atoms with Crippen molar-refractivity contribution in [1.29, 1.82) is 0 Å². The predicted octanol–water partition coefficient (Wildman–Crippen LogP) is 2.70. The minimum atomic E-state index is -0.0118. The SMILES string of the molecule is Cc1ccc(-c2nc(CCNC(=O)N3CCOCC3)cs2)cc1. The average molecular weight is 331 g/mol. The van der Waals surface area contributed by atoms with Crippen LogP contribution in [0, 0.1) is 6.92 Å². The molecule has 0 bridgehead atoms. The number of nitrogens with one attached hydrogen (secondary N) is 1. The molecule has 0 aliphatic carbocycles. The molecule has 0 unspecified atom stereocenters. The maximum Gasteiger partial charge on any atom is 0.317 e. The van der Waals surface area contributed by atoms with Gasteiger partial charge in [0, 0.05) is 37.0 Å². The number of aryl methyl sites for hydroxylation is 1. The highest BCUT2D eigenvalue weighted by Gasteiger charge is 2.16. The van der Waals surface area contributed by atoms with Crippen LogP contribution in [-0.2, 0) is 11.2 Å². The molecule has 1 N–H and O–H groups in total. The molecule has 1 saturated heterocycles. The zero-order valence-corrected chi connectivity index (χ0v) is 14.1. The number of carbonyl (C=O) groups is 1. The average Bonchev–Trinajstić information content (AvgIpc) is 3.05. The number of nitrogens with zero attached hydrogens (tertiary/aromatic N) is 2. The summed E-state index contributed by atoms with van der Waals surface area (Å²) in [6.45, 7) is 5.26. The fraction of sp³-hybridized carbons (Fsp3) is 0.412. The molecule has 2 aromatic rings. The van der Waals surface area contributed by atoms with Gasteiger partial charge in [-0.3, -0.25) is 0 Å². The molecule has 3 rings (SSSR count). The Morgan fingerprint density at radius 1 is 1.30 bits per heavy atom. The molecule has 6 heteroatoms. The lowest BCUT2D eigenvalue weighted by Gasteiger charge is -2.26. The molecule has 1 fully saturated rings. The molecule has 0 saturated carbocycles. The predicted molar refractivity (Wildman–Crippen MR) is 91.8 cm³/mol. The molecule has 5 nitrogen and oxygen atoms in total. The second-order valence-corrected chi connectivity index (χ2v) is 6.45. The van der Waals surface area contributed by atoms with Crippen molar-refractivity contribution in [3.8, 4) is 10.6 Å². The fourth-order valence-electron chi connectivity index (χ4n) is 2.43. The van der Waals surface area contributed by atoms with E-state index in [1.165, 1.54) is 5.56 Å². The maximum atomic E-state index is 12.0. The Morgan fingerprint density at radius 2 is 2.04 bits per heavy atom. The van der Waals surface area contributed by atoms with Crippen molar-refractivity contribution >= 4 is 17.4 Å². The summed E-state index contributed by atoms with van der Waals surface area (Å²) in [5.74, 6) is 0. The third-order valence-electron chi connectivity index (χ3n) is 3.81. The second-order valence-electron chi connectivity index (χ2n) is 5.59. The van der Waals surface area contributed by atoms with E-state index in [0.29, 0.717) is 32.8 Å². The number of amides is 2. The first-order valence-electron chi connectivity index (χ1n) is 7.84. The van der Waals surface area contributed by atoms with E-state index in [4.69, 9.17) is 4.74 Å². The van der Waals surface area contributed by atoms with E-state index >= 15 is 0 Å². The lowest BCUT2D eigenvalue weighted by atomic mass is 10.2. The molecule has 122 valence electrons. The summed E-state index contributed by atoms with van der Waals surface area (Å²) in [4.78, 5) is 18.4. The fourth-order valence-corrected chi connectivity index (χ4v) is 3.29. The topological polar surface area (TPSA) is 54.5 Å². The van der Waals surface area contributed by atoms with Gasteiger partial charge in [-0.1, -0.05) is 29.8 Å². The molecule has 1 aromatic heterocycles. The lowest BCUT2D eigenvalue weighted by molar-refractivity contribution is 0.0533. The first kappa shape index (κ1) is 16.0.